The van der Waals surface area contributed by atoms with Gasteiger partial charge in [-0.15, -0.1) is 0 Å². The topological polar surface area (TPSA) is 135 Å². The molecule has 0 aliphatic carbocycles. The highest BCUT2D eigenvalue weighted by molar-refractivity contribution is 6.15. The number of ether oxygens (including phenoxy) is 3. The van der Waals surface area contributed by atoms with E-state index in [1.165, 1.54) is 18.2 Å². The van der Waals surface area contributed by atoms with Crippen molar-refractivity contribution in [3.63, 3.8) is 0 Å². The molecule has 1 amide bonds. The van der Waals surface area contributed by atoms with Crippen molar-refractivity contribution in [3.8, 4) is 0 Å². The van der Waals surface area contributed by atoms with Gasteiger partial charge in [0.15, 0.2) is 6.29 Å². The van der Waals surface area contributed by atoms with Crippen LogP contribution < -0.4 is 5.32 Å². The number of nitrogens with zero attached hydrogens (tertiary/aromatic N) is 1. The summed E-state index contributed by atoms with van der Waals surface area (Å²) in [6.07, 6.45) is -1.19. The van der Waals surface area contributed by atoms with Gasteiger partial charge in [0.2, 0.25) is 0 Å². The van der Waals surface area contributed by atoms with E-state index in [1.54, 1.807) is 0 Å². The van der Waals surface area contributed by atoms with Crippen molar-refractivity contribution in [2.75, 3.05) is 13.6 Å². The minimum atomic E-state index is -0.759. The lowest BCUT2D eigenvalue weighted by molar-refractivity contribution is -0.253. The van der Waals surface area contributed by atoms with Gasteiger partial charge in [0.05, 0.1) is 36.0 Å². The van der Waals surface area contributed by atoms with Crippen LogP contribution in [0.4, 0.5) is 0 Å². The normalized spacial score (nSPS) is 20.2. The van der Waals surface area contributed by atoms with Crippen LogP contribution in [-0.4, -0.2) is 58.7 Å². The number of aliphatic hydroxyl groups excluding tert-OH is 2. The first-order chi connectivity index (χ1) is 23.2. The molecule has 248 valence electrons. The van der Waals surface area contributed by atoms with Gasteiger partial charge in [-0.1, -0.05) is 78.9 Å². The van der Waals surface area contributed by atoms with Gasteiger partial charge >= 0.3 is 11.9 Å². The molecule has 48 heavy (non-hydrogen) atoms. The summed E-state index contributed by atoms with van der Waals surface area (Å²) in [6, 6.07) is 29.0. The zero-order valence-corrected chi connectivity index (χ0v) is 26.7. The third-order valence-corrected chi connectivity index (χ3v) is 9.01. The Kier molecular flexibility index (Phi) is 10.1. The molecule has 2 aliphatic rings. The number of hydrogen-bond donors (Lipinski definition) is 3. The quantitative estimate of drug-likeness (QED) is 0.151. The molecule has 0 bridgehead atoms. The zero-order chi connectivity index (χ0) is 33.8. The van der Waals surface area contributed by atoms with E-state index in [0.717, 1.165) is 27.8 Å². The third-order valence-electron chi connectivity index (χ3n) is 9.01. The van der Waals surface area contributed by atoms with Crippen molar-refractivity contribution in [1.82, 2.24) is 10.2 Å². The fourth-order valence-electron chi connectivity index (χ4n) is 5.99. The number of rotatable bonds is 11. The predicted octanol–water partition coefficient (Wildman–Crippen LogP) is 5.02. The monoisotopic (exact) mass is 650 g/mol. The highest BCUT2D eigenvalue weighted by Gasteiger charge is 2.34. The van der Waals surface area contributed by atoms with E-state index in [2.05, 4.69) is 15.0 Å². The lowest BCUT2D eigenvalue weighted by atomic mass is 9.98. The maximum atomic E-state index is 12.8. The smallest absolute Gasteiger partial charge is 0.346 e. The summed E-state index contributed by atoms with van der Waals surface area (Å²) in [5, 5.41) is 23.4. The second-order valence-electron chi connectivity index (χ2n) is 12.2. The number of carbonyl (C=O) groups is 3. The molecule has 3 N–H and O–H groups in total. The van der Waals surface area contributed by atoms with Gasteiger partial charge in [0, 0.05) is 36.7 Å². The number of hydrogen-bond acceptors (Lipinski definition) is 9. The summed E-state index contributed by atoms with van der Waals surface area (Å²) in [5.74, 6) is -1.86. The van der Waals surface area contributed by atoms with E-state index in [9.17, 15) is 24.6 Å². The summed E-state index contributed by atoms with van der Waals surface area (Å²) in [7, 11) is 1.98. The molecule has 0 saturated carbocycles. The number of carbonyl (C=O) groups excluding carboxylic acids is 3. The van der Waals surface area contributed by atoms with Crippen LogP contribution >= 0.6 is 0 Å². The average molecular weight is 651 g/mol. The van der Waals surface area contributed by atoms with E-state index < -0.39 is 24.3 Å². The van der Waals surface area contributed by atoms with Crippen LogP contribution in [0.1, 0.15) is 90.7 Å². The van der Waals surface area contributed by atoms with Gasteiger partial charge in [0.25, 0.3) is 5.91 Å². The summed E-state index contributed by atoms with van der Waals surface area (Å²) in [6.45, 7) is 2.76. The van der Waals surface area contributed by atoms with Gasteiger partial charge in [-0.3, -0.25) is 9.69 Å². The Bertz CT molecular complexity index is 1760. The predicted molar refractivity (Wildman–Crippen MR) is 176 cm³/mol. The van der Waals surface area contributed by atoms with Gasteiger partial charge in [-0.25, -0.2) is 9.59 Å². The fraction of sp³-hybridized carbons (Fsp3) is 0.289. The van der Waals surface area contributed by atoms with Crippen molar-refractivity contribution in [2.45, 2.75) is 57.1 Å². The molecule has 1 unspecified atom stereocenters. The maximum absolute atomic E-state index is 12.8. The molecule has 0 spiro atoms. The van der Waals surface area contributed by atoms with Crippen LogP contribution in [0.2, 0.25) is 0 Å². The first kappa shape index (κ1) is 33.2. The molecule has 2 aliphatic heterocycles. The van der Waals surface area contributed by atoms with Crippen LogP contribution in [0.3, 0.4) is 0 Å². The van der Waals surface area contributed by atoms with Crippen LogP contribution in [0.5, 0.6) is 0 Å². The van der Waals surface area contributed by atoms with Gasteiger partial charge in [-0.05, 0) is 54.4 Å². The average Bonchev–Trinajstić information content (AvgIpc) is 3.42. The number of esters is 2. The summed E-state index contributed by atoms with van der Waals surface area (Å²) < 4.78 is 17.6. The molecule has 10 heteroatoms. The summed E-state index contributed by atoms with van der Waals surface area (Å²) in [5.41, 5.74) is 4.79. The van der Waals surface area contributed by atoms with Crippen LogP contribution in [0.15, 0.2) is 97.1 Å². The Morgan fingerprint density at radius 1 is 0.875 bits per heavy atom. The Balaban J connectivity index is 1.13. The molecule has 2 heterocycles. The molecular formula is C38H38N2O8. The van der Waals surface area contributed by atoms with E-state index in [4.69, 9.17) is 9.47 Å². The van der Waals surface area contributed by atoms with E-state index in [-0.39, 0.29) is 54.0 Å². The molecule has 0 aromatic heterocycles. The van der Waals surface area contributed by atoms with E-state index in [1.807, 2.05) is 92.8 Å². The SMILES string of the molecule is C[C@@H]([C@H](O)c1ccccc1)N(C)C[C@@H]1C[C@H](c2ccc(CO)cc2)OC(c2ccc(CNC(=O)c3ccc4c(c3)C(=O)OC4=O)cc2)O1. The van der Waals surface area contributed by atoms with Crippen molar-refractivity contribution >= 4 is 17.8 Å². The van der Waals surface area contributed by atoms with Gasteiger partial charge in [-0.2, -0.15) is 0 Å². The van der Waals surface area contributed by atoms with Crippen molar-refractivity contribution in [3.05, 3.63) is 142 Å². The van der Waals surface area contributed by atoms with Crippen LogP contribution in [0.25, 0.3) is 0 Å². The molecule has 5 atom stereocenters. The Morgan fingerprint density at radius 2 is 1.54 bits per heavy atom. The number of benzene rings is 4. The van der Waals surface area contributed by atoms with E-state index >= 15 is 0 Å². The summed E-state index contributed by atoms with van der Waals surface area (Å²) >= 11 is 0. The standard InChI is InChI=1S/C38H38N2O8/c1-23(34(42)27-6-4-3-5-7-27)40(2)21-30-19-33(26-12-10-25(22-41)11-13-26)47-38(46-30)28-14-8-24(9-15-28)20-39-35(43)29-16-17-31-32(18-29)37(45)48-36(31)44/h3-18,23,30,33-34,38,41-42H,19-22H2,1-2H3,(H,39,43)/t23-,30-,33+,34-,38?/m0/s1. The highest BCUT2D eigenvalue weighted by atomic mass is 16.7. The second-order valence-corrected chi connectivity index (χ2v) is 12.2. The fourth-order valence-corrected chi connectivity index (χ4v) is 5.99. The number of fused-ring (bicyclic) bond motifs is 1. The lowest BCUT2D eigenvalue weighted by Gasteiger charge is -2.39. The molecule has 10 nitrogen and oxygen atoms in total. The van der Waals surface area contributed by atoms with Crippen LogP contribution in [0, 0.1) is 0 Å². The Labute approximate surface area is 278 Å². The van der Waals surface area contributed by atoms with Crippen LogP contribution in [-0.2, 0) is 27.4 Å². The highest BCUT2D eigenvalue weighted by Crippen LogP contribution is 2.38. The van der Waals surface area contributed by atoms with Gasteiger partial charge < -0.3 is 29.7 Å². The Hall–Kier alpha value is -4.71. The molecule has 1 fully saturated rings. The second kappa shape index (κ2) is 14.6. The number of aliphatic hydroxyl groups is 2. The molecule has 1 saturated heterocycles. The van der Waals surface area contributed by atoms with E-state index in [0.29, 0.717) is 13.0 Å². The number of nitrogens with one attached hydrogen (secondary N) is 1. The first-order valence-corrected chi connectivity index (χ1v) is 15.9. The molecule has 4 aromatic carbocycles. The van der Waals surface area contributed by atoms with Crippen molar-refractivity contribution < 1.29 is 38.8 Å². The number of likely N-dealkylation sites (N-methyl/N-ethyl adjacent to an activating group) is 1. The molecule has 4 aromatic rings. The third kappa shape index (κ3) is 7.38. The summed E-state index contributed by atoms with van der Waals surface area (Å²) in [4.78, 5) is 38.5. The lowest BCUT2D eigenvalue weighted by Crippen LogP contribution is -2.43. The minimum absolute atomic E-state index is 0.0393. The maximum Gasteiger partial charge on any atom is 0.346 e. The number of amides is 1. The Morgan fingerprint density at radius 3 is 2.25 bits per heavy atom. The molecule has 0 radical (unpaired) electrons. The van der Waals surface area contributed by atoms with Gasteiger partial charge in [0.1, 0.15) is 0 Å². The number of cyclic esters (lactones) is 2. The molecular weight excluding hydrogens is 612 g/mol. The first-order valence-electron chi connectivity index (χ1n) is 15.9. The van der Waals surface area contributed by atoms with Crippen molar-refractivity contribution in [2.24, 2.45) is 0 Å². The minimum Gasteiger partial charge on any atom is -0.392 e. The zero-order valence-electron chi connectivity index (χ0n) is 26.7. The van der Waals surface area contributed by atoms with Crippen molar-refractivity contribution in [1.29, 1.82) is 0 Å². The molecule has 6 rings (SSSR count). The largest absolute Gasteiger partial charge is 0.392 e.